The van der Waals surface area contributed by atoms with Gasteiger partial charge in [-0.2, -0.15) is 0 Å². The molecule has 64 valence electrons. The predicted octanol–water partition coefficient (Wildman–Crippen LogP) is 1.39. The highest BCUT2D eigenvalue weighted by Crippen LogP contribution is 2.23. The van der Waals surface area contributed by atoms with Crippen LogP contribution in [0.1, 0.15) is 5.56 Å². The lowest BCUT2D eigenvalue weighted by molar-refractivity contribution is 0.686. The molecule has 1 atom stereocenters. The lowest BCUT2D eigenvalue weighted by Gasteiger charge is -2.00. The van der Waals surface area contributed by atoms with Crippen LogP contribution in [0.3, 0.4) is 0 Å². The second-order valence-electron chi connectivity index (χ2n) is 2.95. The standard InChI is InChI=1S/C9H11NOS/c1-12(11)8-2-3-9-7(6-8)4-5-10-9/h2-3,6,10H,4-5H2,1H3/t12-/m1/s1. The molecule has 2 nitrogen and oxygen atoms in total. The van der Waals surface area contributed by atoms with Crippen molar-refractivity contribution in [3.63, 3.8) is 0 Å². The summed E-state index contributed by atoms with van der Waals surface area (Å²) in [4.78, 5) is 0.928. The van der Waals surface area contributed by atoms with Crippen molar-refractivity contribution in [3.8, 4) is 0 Å². The van der Waals surface area contributed by atoms with Gasteiger partial charge in [-0.25, -0.2) is 0 Å². The maximum atomic E-state index is 11.1. The van der Waals surface area contributed by atoms with Gasteiger partial charge >= 0.3 is 0 Å². The molecule has 0 spiro atoms. The minimum Gasteiger partial charge on any atom is -0.384 e. The highest BCUT2D eigenvalue weighted by Gasteiger charge is 2.10. The van der Waals surface area contributed by atoms with Crippen LogP contribution in [0.2, 0.25) is 0 Å². The van der Waals surface area contributed by atoms with Crippen LogP contribution >= 0.6 is 0 Å². The van der Waals surface area contributed by atoms with Gasteiger partial charge in [0.1, 0.15) is 0 Å². The number of fused-ring (bicyclic) bond motifs is 1. The third kappa shape index (κ3) is 1.25. The Labute approximate surface area is 74.4 Å². The molecule has 12 heavy (non-hydrogen) atoms. The van der Waals surface area contributed by atoms with E-state index in [4.69, 9.17) is 0 Å². The third-order valence-corrected chi connectivity index (χ3v) is 3.04. The third-order valence-electron chi connectivity index (χ3n) is 2.12. The molecule has 0 fully saturated rings. The fraction of sp³-hybridized carbons (Fsp3) is 0.333. The van der Waals surface area contributed by atoms with Gasteiger partial charge in [0.25, 0.3) is 0 Å². The summed E-state index contributed by atoms with van der Waals surface area (Å²) in [6.45, 7) is 1.01. The van der Waals surface area contributed by atoms with Crippen molar-refractivity contribution in [2.75, 3.05) is 18.1 Å². The molecule has 0 saturated heterocycles. The molecular weight excluding hydrogens is 170 g/mol. The van der Waals surface area contributed by atoms with Crippen LogP contribution < -0.4 is 5.32 Å². The van der Waals surface area contributed by atoms with Crippen molar-refractivity contribution in [1.29, 1.82) is 0 Å². The molecule has 0 unspecified atom stereocenters. The summed E-state index contributed by atoms with van der Waals surface area (Å²) in [5.41, 5.74) is 2.49. The van der Waals surface area contributed by atoms with Crippen LogP contribution in [-0.2, 0) is 17.2 Å². The first kappa shape index (κ1) is 7.80. The number of rotatable bonds is 1. The maximum Gasteiger partial charge on any atom is 0.0498 e. The van der Waals surface area contributed by atoms with Gasteiger partial charge in [-0.15, -0.1) is 0 Å². The number of benzene rings is 1. The normalized spacial score (nSPS) is 16.8. The topological polar surface area (TPSA) is 29.1 Å². The second-order valence-corrected chi connectivity index (χ2v) is 4.33. The molecule has 1 aromatic rings. The predicted molar refractivity (Wildman–Crippen MR) is 51.0 cm³/mol. The van der Waals surface area contributed by atoms with Crippen molar-refractivity contribution in [2.45, 2.75) is 11.3 Å². The van der Waals surface area contributed by atoms with Gasteiger partial charge in [0.15, 0.2) is 0 Å². The molecule has 0 bridgehead atoms. The van der Waals surface area contributed by atoms with Crippen LogP contribution in [0, 0.1) is 0 Å². The monoisotopic (exact) mass is 181 g/mol. The summed E-state index contributed by atoms with van der Waals surface area (Å²) in [5.74, 6) is 0. The van der Waals surface area contributed by atoms with Crippen LogP contribution in [-0.4, -0.2) is 17.0 Å². The molecule has 3 heteroatoms. The number of hydrogen-bond donors (Lipinski definition) is 1. The quantitative estimate of drug-likeness (QED) is 0.709. The fourth-order valence-corrected chi connectivity index (χ4v) is 2.03. The summed E-state index contributed by atoms with van der Waals surface area (Å²) >= 11 is 0. The summed E-state index contributed by atoms with van der Waals surface area (Å²) in [6, 6.07) is 5.97. The molecule has 1 aliphatic heterocycles. The molecule has 0 aliphatic carbocycles. The lowest BCUT2D eigenvalue weighted by Crippen LogP contribution is -1.90. The number of hydrogen-bond acceptors (Lipinski definition) is 2. The number of nitrogens with one attached hydrogen (secondary N) is 1. The van der Waals surface area contributed by atoms with Gasteiger partial charge in [0, 0.05) is 34.2 Å². The molecular formula is C9H11NOS. The van der Waals surface area contributed by atoms with Gasteiger partial charge < -0.3 is 5.32 Å². The summed E-state index contributed by atoms with van der Waals surface area (Å²) in [5, 5.41) is 3.27. The Balaban J connectivity index is 2.45. The van der Waals surface area contributed by atoms with E-state index >= 15 is 0 Å². The summed E-state index contributed by atoms with van der Waals surface area (Å²) in [7, 11) is -0.849. The molecule has 1 aromatic carbocycles. The molecule has 1 aliphatic rings. The summed E-state index contributed by atoms with van der Waals surface area (Å²) in [6.07, 6.45) is 2.77. The average Bonchev–Trinajstić information content (AvgIpc) is 2.49. The average molecular weight is 181 g/mol. The van der Waals surface area contributed by atoms with Gasteiger partial charge in [0.05, 0.1) is 0 Å². The van der Waals surface area contributed by atoms with Crippen LogP contribution in [0.4, 0.5) is 5.69 Å². The van der Waals surface area contributed by atoms with E-state index in [0.29, 0.717) is 0 Å². The van der Waals surface area contributed by atoms with Gasteiger partial charge in [-0.1, -0.05) is 0 Å². The highest BCUT2D eigenvalue weighted by atomic mass is 32.2. The van der Waals surface area contributed by atoms with Crippen molar-refractivity contribution in [2.24, 2.45) is 0 Å². The smallest absolute Gasteiger partial charge is 0.0498 e. The van der Waals surface area contributed by atoms with E-state index in [1.165, 1.54) is 11.3 Å². The Morgan fingerprint density at radius 2 is 2.33 bits per heavy atom. The van der Waals surface area contributed by atoms with E-state index in [1.54, 1.807) is 6.26 Å². The van der Waals surface area contributed by atoms with E-state index in [-0.39, 0.29) is 0 Å². The van der Waals surface area contributed by atoms with E-state index in [1.807, 2.05) is 18.2 Å². The zero-order valence-electron chi connectivity index (χ0n) is 6.96. The zero-order chi connectivity index (χ0) is 8.55. The Morgan fingerprint density at radius 3 is 3.08 bits per heavy atom. The van der Waals surface area contributed by atoms with Gasteiger partial charge in [0.2, 0.25) is 0 Å². The van der Waals surface area contributed by atoms with E-state index in [2.05, 4.69) is 5.32 Å². The molecule has 0 radical (unpaired) electrons. The first-order chi connectivity index (χ1) is 5.77. The van der Waals surface area contributed by atoms with Crippen molar-refractivity contribution in [3.05, 3.63) is 23.8 Å². The molecule has 0 amide bonds. The summed E-state index contributed by atoms with van der Waals surface area (Å²) < 4.78 is 11.1. The van der Waals surface area contributed by atoms with Crippen molar-refractivity contribution < 1.29 is 4.21 Å². The van der Waals surface area contributed by atoms with E-state index in [0.717, 1.165) is 17.9 Å². The Kier molecular flexibility index (Phi) is 1.89. The molecule has 0 aromatic heterocycles. The van der Waals surface area contributed by atoms with Gasteiger partial charge in [-0.05, 0) is 30.2 Å². The first-order valence-electron chi connectivity index (χ1n) is 3.97. The zero-order valence-corrected chi connectivity index (χ0v) is 7.78. The molecule has 0 saturated carbocycles. The minimum atomic E-state index is -0.849. The molecule has 1 heterocycles. The SMILES string of the molecule is C[S@@](=O)c1ccc2c(c1)CCN2. The maximum absolute atomic E-state index is 11.1. The van der Waals surface area contributed by atoms with Crippen molar-refractivity contribution in [1.82, 2.24) is 0 Å². The second kappa shape index (κ2) is 2.90. The van der Waals surface area contributed by atoms with Crippen LogP contribution in [0.5, 0.6) is 0 Å². The van der Waals surface area contributed by atoms with Crippen LogP contribution in [0.25, 0.3) is 0 Å². The Bertz CT molecular complexity index is 335. The van der Waals surface area contributed by atoms with Crippen LogP contribution in [0.15, 0.2) is 23.1 Å². The van der Waals surface area contributed by atoms with E-state index in [9.17, 15) is 4.21 Å². The first-order valence-corrected chi connectivity index (χ1v) is 5.53. The fourth-order valence-electron chi connectivity index (χ4n) is 1.46. The highest BCUT2D eigenvalue weighted by molar-refractivity contribution is 7.84. The number of anilines is 1. The Morgan fingerprint density at radius 1 is 1.50 bits per heavy atom. The van der Waals surface area contributed by atoms with E-state index < -0.39 is 10.8 Å². The van der Waals surface area contributed by atoms with Crippen molar-refractivity contribution >= 4 is 16.5 Å². The largest absolute Gasteiger partial charge is 0.384 e. The lowest BCUT2D eigenvalue weighted by atomic mass is 10.2. The molecule has 1 N–H and O–H groups in total. The van der Waals surface area contributed by atoms with Gasteiger partial charge in [-0.3, -0.25) is 4.21 Å². The molecule has 2 rings (SSSR count). The minimum absolute atomic E-state index is 0.849. The Hall–Kier alpha value is -0.830.